The van der Waals surface area contributed by atoms with Crippen LogP contribution in [0, 0.1) is 0 Å². The molecule has 23 heavy (non-hydrogen) atoms. The van der Waals surface area contributed by atoms with Gasteiger partial charge in [0.05, 0.1) is 33.5 Å². The Labute approximate surface area is 134 Å². The summed E-state index contributed by atoms with van der Waals surface area (Å²) < 4.78 is 21.4. The van der Waals surface area contributed by atoms with E-state index < -0.39 is 0 Å². The van der Waals surface area contributed by atoms with Crippen LogP contribution in [0.3, 0.4) is 0 Å². The first-order valence-electron chi connectivity index (χ1n) is 7.29. The normalized spacial score (nSPS) is 13.1. The Balaban J connectivity index is 2.28. The van der Waals surface area contributed by atoms with Crippen molar-refractivity contribution in [1.29, 1.82) is 0 Å². The van der Waals surface area contributed by atoms with E-state index in [0.717, 1.165) is 16.9 Å². The van der Waals surface area contributed by atoms with Crippen molar-refractivity contribution in [1.82, 2.24) is 0 Å². The molecule has 0 aliphatic carbocycles. The molecule has 3 rings (SSSR count). The van der Waals surface area contributed by atoms with Crippen LogP contribution in [0.4, 0.5) is 0 Å². The van der Waals surface area contributed by atoms with Crippen LogP contribution in [0.25, 0.3) is 11.1 Å². The van der Waals surface area contributed by atoms with Crippen LogP contribution in [0.1, 0.15) is 15.9 Å². The Hall–Kier alpha value is -2.69. The van der Waals surface area contributed by atoms with E-state index in [1.165, 1.54) is 0 Å². The molecule has 1 aliphatic rings. The Bertz CT molecular complexity index is 734. The van der Waals surface area contributed by atoms with Gasteiger partial charge >= 0.3 is 5.97 Å². The van der Waals surface area contributed by atoms with E-state index in [9.17, 15) is 4.79 Å². The fourth-order valence-electron chi connectivity index (χ4n) is 2.84. The fourth-order valence-corrected chi connectivity index (χ4v) is 2.84. The van der Waals surface area contributed by atoms with E-state index in [1.54, 1.807) is 21.3 Å². The van der Waals surface area contributed by atoms with Crippen molar-refractivity contribution in [2.75, 3.05) is 27.9 Å². The van der Waals surface area contributed by atoms with Gasteiger partial charge in [-0.15, -0.1) is 0 Å². The summed E-state index contributed by atoms with van der Waals surface area (Å²) in [6.45, 7) is 0.378. The number of carbonyl (C=O) groups is 1. The smallest absolute Gasteiger partial charge is 0.339 e. The third-order valence-corrected chi connectivity index (χ3v) is 3.94. The Morgan fingerprint density at radius 1 is 0.957 bits per heavy atom. The van der Waals surface area contributed by atoms with Crippen LogP contribution in [0.15, 0.2) is 30.3 Å². The summed E-state index contributed by atoms with van der Waals surface area (Å²) in [5.41, 5.74) is 2.98. The molecular formula is C18H18O5. The van der Waals surface area contributed by atoms with Crippen LogP contribution in [-0.4, -0.2) is 33.9 Å². The summed E-state index contributed by atoms with van der Waals surface area (Å²) in [6.07, 6.45) is 0.657. The molecule has 5 nitrogen and oxygen atoms in total. The first-order chi connectivity index (χ1) is 11.2. The largest absolute Gasteiger partial charge is 0.497 e. The molecular weight excluding hydrogens is 296 g/mol. The maximum Gasteiger partial charge on any atom is 0.339 e. The Kier molecular flexibility index (Phi) is 4.10. The lowest BCUT2D eigenvalue weighted by atomic mass is 9.91. The van der Waals surface area contributed by atoms with E-state index in [-0.39, 0.29) is 5.97 Å². The molecule has 0 fully saturated rings. The van der Waals surface area contributed by atoms with Crippen molar-refractivity contribution in [3.63, 3.8) is 0 Å². The summed E-state index contributed by atoms with van der Waals surface area (Å²) in [5.74, 6) is 1.53. The van der Waals surface area contributed by atoms with Crippen molar-refractivity contribution >= 4 is 5.97 Å². The zero-order chi connectivity index (χ0) is 16.4. The summed E-state index contributed by atoms with van der Waals surface area (Å²) in [4.78, 5) is 12.3. The number of methoxy groups -OCH3 is 3. The van der Waals surface area contributed by atoms with Gasteiger partial charge in [-0.2, -0.15) is 0 Å². The monoisotopic (exact) mass is 314 g/mol. The average Bonchev–Trinajstić information content (AvgIpc) is 2.60. The zero-order valence-corrected chi connectivity index (χ0v) is 13.3. The van der Waals surface area contributed by atoms with E-state index in [0.29, 0.717) is 35.7 Å². The molecule has 0 unspecified atom stereocenters. The van der Waals surface area contributed by atoms with E-state index in [4.69, 9.17) is 18.9 Å². The number of esters is 1. The molecule has 0 bridgehead atoms. The molecule has 0 aromatic heterocycles. The minimum Gasteiger partial charge on any atom is -0.497 e. The van der Waals surface area contributed by atoms with Gasteiger partial charge in [0.2, 0.25) is 0 Å². The fraction of sp³-hybridized carbons (Fsp3) is 0.278. The summed E-state index contributed by atoms with van der Waals surface area (Å²) in [6, 6.07) is 9.31. The molecule has 5 heteroatoms. The van der Waals surface area contributed by atoms with Crippen molar-refractivity contribution in [3.05, 3.63) is 41.5 Å². The lowest BCUT2D eigenvalue weighted by Gasteiger charge is -2.23. The van der Waals surface area contributed by atoms with E-state index in [2.05, 4.69) is 0 Å². The average molecular weight is 314 g/mol. The minimum atomic E-state index is -0.335. The molecule has 0 saturated carbocycles. The van der Waals surface area contributed by atoms with Crippen LogP contribution in [-0.2, 0) is 11.2 Å². The number of hydrogen-bond donors (Lipinski definition) is 0. The number of benzene rings is 2. The summed E-state index contributed by atoms with van der Waals surface area (Å²) in [7, 11) is 4.76. The number of carbonyl (C=O) groups excluding carboxylic acids is 1. The third kappa shape index (κ3) is 2.59. The quantitative estimate of drug-likeness (QED) is 0.812. The van der Waals surface area contributed by atoms with Gasteiger partial charge in [0, 0.05) is 12.0 Å². The van der Waals surface area contributed by atoms with Gasteiger partial charge in [0.25, 0.3) is 0 Å². The van der Waals surface area contributed by atoms with Gasteiger partial charge in [0.1, 0.15) is 5.75 Å². The highest BCUT2D eigenvalue weighted by Gasteiger charge is 2.28. The van der Waals surface area contributed by atoms with Crippen molar-refractivity contribution < 1.29 is 23.7 Å². The van der Waals surface area contributed by atoms with Crippen LogP contribution in [0.2, 0.25) is 0 Å². The Morgan fingerprint density at radius 2 is 1.70 bits per heavy atom. The van der Waals surface area contributed by atoms with Gasteiger partial charge in [-0.3, -0.25) is 0 Å². The number of rotatable bonds is 4. The maximum absolute atomic E-state index is 12.3. The third-order valence-electron chi connectivity index (χ3n) is 3.94. The number of cyclic esters (lactones) is 1. The first kappa shape index (κ1) is 15.2. The number of ether oxygens (including phenoxy) is 4. The number of fused-ring (bicyclic) bond motifs is 1. The van der Waals surface area contributed by atoms with Gasteiger partial charge in [-0.25, -0.2) is 4.79 Å². The van der Waals surface area contributed by atoms with Crippen molar-refractivity contribution in [2.24, 2.45) is 0 Å². The highest BCUT2D eigenvalue weighted by Crippen LogP contribution is 2.44. The highest BCUT2D eigenvalue weighted by atomic mass is 16.5. The molecule has 1 heterocycles. The first-order valence-corrected chi connectivity index (χ1v) is 7.29. The number of hydrogen-bond acceptors (Lipinski definition) is 5. The Morgan fingerprint density at radius 3 is 2.30 bits per heavy atom. The van der Waals surface area contributed by atoms with Crippen LogP contribution in [0.5, 0.6) is 17.2 Å². The summed E-state index contributed by atoms with van der Waals surface area (Å²) >= 11 is 0. The van der Waals surface area contributed by atoms with Crippen molar-refractivity contribution in [3.8, 4) is 28.4 Å². The second-order valence-corrected chi connectivity index (χ2v) is 5.14. The second-order valence-electron chi connectivity index (χ2n) is 5.14. The molecule has 0 spiro atoms. The summed E-state index contributed by atoms with van der Waals surface area (Å²) in [5, 5.41) is 0. The van der Waals surface area contributed by atoms with E-state index in [1.807, 2.05) is 30.3 Å². The molecule has 0 atom stereocenters. The van der Waals surface area contributed by atoms with E-state index >= 15 is 0 Å². The molecule has 2 aromatic carbocycles. The predicted molar refractivity (Wildman–Crippen MR) is 85.5 cm³/mol. The highest BCUT2D eigenvalue weighted by molar-refractivity contribution is 6.02. The molecule has 0 radical (unpaired) electrons. The van der Waals surface area contributed by atoms with Crippen LogP contribution < -0.4 is 14.2 Å². The van der Waals surface area contributed by atoms with Gasteiger partial charge < -0.3 is 18.9 Å². The van der Waals surface area contributed by atoms with Gasteiger partial charge in [0.15, 0.2) is 11.5 Å². The molecule has 0 N–H and O–H groups in total. The molecule has 0 amide bonds. The molecule has 1 aliphatic heterocycles. The lowest BCUT2D eigenvalue weighted by molar-refractivity contribution is 0.0481. The van der Waals surface area contributed by atoms with Crippen molar-refractivity contribution in [2.45, 2.75) is 6.42 Å². The van der Waals surface area contributed by atoms with Gasteiger partial charge in [-0.05, 0) is 29.3 Å². The second kappa shape index (κ2) is 6.20. The van der Waals surface area contributed by atoms with Crippen LogP contribution >= 0.6 is 0 Å². The lowest BCUT2D eigenvalue weighted by Crippen LogP contribution is -2.19. The minimum absolute atomic E-state index is 0.335. The zero-order valence-electron chi connectivity index (χ0n) is 13.3. The SMILES string of the molecule is COc1ccc(-c2c(OC)c(OC)cc3c2C(=O)OCC3)cc1. The topological polar surface area (TPSA) is 54.0 Å². The standard InChI is InChI=1S/C18H18O5/c1-20-13-6-4-11(5-7-13)15-16-12(8-9-23-18(16)19)10-14(21-2)17(15)22-3/h4-7,10H,8-9H2,1-3H3. The molecule has 0 saturated heterocycles. The molecule has 2 aromatic rings. The predicted octanol–water partition coefficient (Wildman–Crippen LogP) is 3.09. The molecule has 120 valence electrons. The maximum atomic E-state index is 12.3. The van der Waals surface area contributed by atoms with Gasteiger partial charge in [-0.1, -0.05) is 12.1 Å².